The lowest BCUT2D eigenvalue weighted by molar-refractivity contribution is -0.0841. The number of hydrogen-bond acceptors (Lipinski definition) is 5. The van der Waals surface area contributed by atoms with E-state index in [2.05, 4.69) is 4.74 Å². The van der Waals surface area contributed by atoms with Gasteiger partial charge in [0.05, 0.1) is 0 Å². The molecule has 0 radical (unpaired) electrons. The van der Waals surface area contributed by atoms with Crippen molar-refractivity contribution in [3.05, 3.63) is 12.2 Å². The number of carbonyl (C=O) groups is 2. The minimum Gasteiger partial charge on any atom is -0.419 e. The lowest BCUT2D eigenvalue weighted by Gasteiger charge is -2.43. The van der Waals surface area contributed by atoms with Crippen LogP contribution in [0.25, 0.3) is 0 Å². The van der Waals surface area contributed by atoms with Gasteiger partial charge in [0, 0.05) is 0 Å². The molecule has 0 spiro atoms. The minimum atomic E-state index is -1.03. The van der Waals surface area contributed by atoms with Gasteiger partial charge in [-0.1, -0.05) is 0 Å². The van der Waals surface area contributed by atoms with Crippen LogP contribution in [0.5, 0.6) is 0 Å². The van der Waals surface area contributed by atoms with Crippen LogP contribution in [0.1, 0.15) is 13.8 Å². The number of hydrogen-bond donors (Lipinski definition) is 0. The monoisotopic (exact) mass is 184 g/mol. The SMILES string of the molecule is CC12C=CC1(C)OC(=O)OC(=O)O2. The van der Waals surface area contributed by atoms with Gasteiger partial charge < -0.3 is 14.2 Å². The molecule has 1 heterocycles. The van der Waals surface area contributed by atoms with E-state index in [4.69, 9.17) is 9.47 Å². The molecule has 0 aromatic carbocycles. The van der Waals surface area contributed by atoms with Gasteiger partial charge in [-0.2, -0.15) is 0 Å². The van der Waals surface area contributed by atoms with Crippen molar-refractivity contribution in [2.45, 2.75) is 25.0 Å². The smallest absolute Gasteiger partial charge is 0.419 e. The van der Waals surface area contributed by atoms with Crippen molar-refractivity contribution in [2.24, 2.45) is 0 Å². The normalized spacial score (nSPS) is 42.0. The molecular weight excluding hydrogens is 176 g/mol. The second kappa shape index (κ2) is 2.04. The predicted octanol–water partition coefficient (Wildman–Crippen LogP) is 1.38. The molecule has 1 aliphatic carbocycles. The van der Waals surface area contributed by atoms with Crippen molar-refractivity contribution in [2.75, 3.05) is 0 Å². The molecule has 0 aromatic rings. The highest BCUT2D eigenvalue weighted by Crippen LogP contribution is 2.42. The van der Waals surface area contributed by atoms with E-state index in [0.29, 0.717) is 0 Å². The van der Waals surface area contributed by atoms with Crippen LogP contribution >= 0.6 is 0 Å². The first-order valence-electron chi connectivity index (χ1n) is 3.79. The molecule has 0 saturated carbocycles. The van der Waals surface area contributed by atoms with Crippen molar-refractivity contribution >= 4 is 12.3 Å². The average molecular weight is 184 g/mol. The van der Waals surface area contributed by atoms with Gasteiger partial charge in [0.15, 0.2) is 11.2 Å². The molecule has 70 valence electrons. The van der Waals surface area contributed by atoms with Crippen LogP contribution in [0.2, 0.25) is 0 Å². The Kier molecular flexibility index (Phi) is 1.27. The quantitative estimate of drug-likeness (QED) is 0.323. The molecule has 2 atom stereocenters. The Hall–Kier alpha value is -1.52. The van der Waals surface area contributed by atoms with Crippen LogP contribution in [0.3, 0.4) is 0 Å². The molecule has 2 aliphatic rings. The van der Waals surface area contributed by atoms with E-state index in [0.717, 1.165) is 0 Å². The lowest BCUT2D eigenvalue weighted by Crippen LogP contribution is -2.56. The Morgan fingerprint density at radius 3 is 1.69 bits per heavy atom. The summed E-state index contributed by atoms with van der Waals surface area (Å²) < 4.78 is 13.9. The topological polar surface area (TPSA) is 61.8 Å². The standard InChI is InChI=1S/C8H8O5/c1-7-3-4-8(7,2)13-6(10)11-5(9)12-7/h3-4H,1-2H3. The van der Waals surface area contributed by atoms with E-state index in [9.17, 15) is 9.59 Å². The maximum absolute atomic E-state index is 10.9. The molecule has 13 heavy (non-hydrogen) atoms. The van der Waals surface area contributed by atoms with Gasteiger partial charge in [0.25, 0.3) is 0 Å². The largest absolute Gasteiger partial charge is 0.519 e. The summed E-state index contributed by atoms with van der Waals surface area (Å²) in [7, 11) is 0. The first-order valence-corrected chi connectivity index (χ1v) is 3.79. The number of ether oxygens (including phenoxy) is 3. The third-order valence-electron chi connectivity index (χ3n) is 2.46. The van der Waals surface area contributed by atoms with E-state index in [-0.39, 0.29) is 0 Å². The number of fused-ring (bicyclic) bond motifs is 1. The van der Waals surface area contributed by atoms with Crippen LogP contribution in [0.15, 0.2) is 12.2 Å². The Labute approximate surface area is 74.3 Å². The van der Waals surface area contributed by atoms with Crippen molar-refractivity contribution in [3.63, 3.8) is 0 Å². The number of cyclic esters (lactones) is 2. The first kappa shape index (κ1) is 8.10. The molecule has 5 nitrogen and oxygen atoms in total. The second-order valence-electron chi connectivity index (χ2n) is 3.35. The predicted molar refractivity (Wildman–Crippen MR) is 40.0 cm³/mol. The van der Waals surface area contributed by atoms with E-state index < -0.39 is 23.5 Å². The Morgan fingerprint density at radius 1 is 1.00 bits per heavy atom. The summed E-state index contributed by atoms with van der Waals surface area (Å²) in [4.78, 5) is 21.7. The van der Waals surface area contributed by atoms with Crippen molar-refractivity contribution < 1.29 is 23.8 Å². The van der Waals surface area contributed by atoms with Gasteiger partial charge in [-0.05, 0) is 26.0 Å². The third-order valence-corrected chi connectivity index (χ3v) is 2.46. The molecule has 1 saturated heterocycles. The fourth-order valence-electron chi connectivity index (χ4n) is 1.28. The average Bonchev–Trinajstić information content (AvgIpc) is 2.04. The zero-order chi connectivity index (χ0) is 9.69. The van der Waals surface area contributed by atoms with Gasteiger partial charge >= 0.3 is 12.3 Å². The third kappa shape index (κ3) is 0.929. The Bertz CT molecular complexity index is 290. The zero-order valence-electron chi connectivity index (χ0n) is 7.20. The summed E-state index contributed by atoms with van der Waals surface area (Å²) in [6.45, 7) is 3.29. The minimum absolute atomic E-state index is 0.907. The Balaban J connectivity index is 2.36. The van der Waals surface area contributed by atoms with Crippen LogP contribution in [-0.4, -0.2) is 23.5 Å². The summed E-state index contributed by atoms with van der Waals surface area (Å²) in [5.41, 5.74) is -1.81. The Morgan fingerprint density at radius 2 is 1.38 bits per heavy atom. The van der Waals surface area contributed by atoms with Crippen molar-refractivity contribution in [3.8, 4) is 0 Å². The maximum atomic E-state index is 10.9. The molecule has 5 heteroatoms. The summed E-state index contributed by atoms with van der Waals surface area (Å²) in [6.07, 6.45) is 1.24. The van der Waals surface area contributed by atoms with Gasteiger partial charge in [-0.3, -0.25) is 0 Å². The van der Waals surface area contributed by atoms with Gasteiger partial charge in [-0.15, -0.1) is 0 Å². The molecule has 0 bridgehead atoms. The van der Waals surface area contributed by atoms with Gasteiger partial charge in [-0.25, -0.2) is 9.59 Å². The highest BCUT2D eigenvalue weighted by atomic mass is 16.8. The molecule has 0 aromatic heterocycles. The van der Waals surface area contributed by atoms with Gasteiger partial charge in [0.2, 0.25) is 0 Å². The molecule has 2 rings (SSSR count). The van der Waals surface area contributed by atoms with Crippen LogP contribution in [-0.2, 0) is 14.2 Å². The number of carbonyl (C=O) groups excluding carboxylic acids is 2. The van der Waals surface area contributed by atoms with Crippen LogP contribution < -0.4 is 0 Å². The fraction of sp³-hybridized carbons (Fsp3) is 0.500. The number of rotatable bonds is 0. The van der Waals surface area contributed by atoms with Crippen molar-refractivity contribution in [1.29, 1.82) is 0 Å². The summed E-state index contributed by atoms with van der Waals surface area (Å²) >= 11 is 0. The fourth-order valence-corrected chi connectivity index (χ4v) is 1.28. The maximum Gasteiger partial charge on any atom is 0.519 e. The molecular formula is C8H8O5. The van der Waals surface area contributed by atoms with E-state index in [1.165, 1.54) is 0 Å². The van der Waals surface area contributed by atoms with E-state index in [1.807, 2.05) is 0 Å². The molecule has 2 unspecified atom stereocenters. The molecule has 1 aliphatic heterocycles. The summed E-state index contributed by atoms with van der Waals surface area (Å²) in [5.74, 6) is 0. The summed E-state index contributed by atoms with van der Waals surface area (Å²) in [6, 6.07) is 0. The van der Waals surface area contributed by atoms with Crippen LogP contribution in [0.4, 0.5) is 9.59 Å². The lowest BCUT2D eigenvalue weighted by atomic mass is 9.75. The second-order valence-corrected chi connectivity index (χ2v) is 3.35. The highest BCUT2D eigenvalue weighted by Gasteiger charge is 2.57. The molecule has 1 fully saturated rings. The van der Waals surface area contributed by atoms with E-state index in [1.54, 1.807) is 26.0 Å². The zero-order valence-corrected chi connectivity index (χ0v) is 7.20. The van der Waals surface area contributed by atoms with E-state index >= 15 is 0 Å². The van der Waals surface area contributed by atoms with Crippen LogP contribution in [0, 0.1) is 0 Å². The highest BCUT2D eigenvalue weighted by molar-refractivity contribution is 5.79. The first-order chi connectivity index (χ1) is 5.95. The molecule has 0 amide bonds. The van der Waals surface area contributed by atoms with Crippen molar-refractivity contribution in [1.82, 2.24) is 0 Å². The summed E-state index contributed by atoms with van der Waals surface area (Å²) in [5, 5.41) is 0. The molecule has 0 N–H and O–H groups in total. The van der Waals surface area contributed by atoms with Gasteiger partial charge in [0.1, 0.15) is 0 Å².